The normalized spacial score (nSPS) is 11.5. The molecule has 0 radical (unpaired) electrons. The van der Waals surface area contributed by atoms with E-state index in [9.17, 15) is 8.42 Å². The summed E-state index contributed by atoms with van der Waals surface area (Å²) in [6, 6.07) is 1.53. The Kier molecular flexibility index (Phi) is 6.43. The van der Waals surface area contributed by atoms with E-state index in [4.69, 9.17) is 16.3 Å². The van der Waals surface area contributed by atoms with Crippen molar-refractivity contribution >= 4 is 27.4 Å². The summed E-state index contributed by atoms with van der Waals surface area (Å²) in [5, 5.41) is 3.17. The number of anilines is 1. The number of sulfonamides is 1. The molecule has 1 heterocycles. The Bertz CT molecular complexity index is 509. The summed E-state index contributed by atoms with van der Waals surface area (Å²) < 4.78 is 30.2. The predicted molar refractivity (Wildman–Crippen MR) is 73.7 cm³/mol. The van der Waals surface area contributed by atoms with Crippen molar-refractivity contribution in [2.75, 3.05) is 31.3 Å². The van der Waals surface area contributed by atoms with Gasteiger partial charge < -0.3 is 10.1 Å². The Labute approximate surface area is 117 Å². The number of halogens is 1. The minimum absolute atomic E-state index is 0.0396. The molecule has 0 aliphatic rings. The van der Waals surface area contributed by atoms with Crippen molar-refractivity contribution in [1.82, 2.24) is 14.7 Å². The maximum atomic E-state index is 11.4. The first-order valence-electron chi connectivity index (χ1n) is 5.70. The van der Waals surface area contributed by atoms with Crippen LogP contribution in [0.1, 0.15) is 12.7 Å². The smallest absolute Gasteiger partial charge is 0.213 e. The Balaban J connectivity index is 2.58. The fourth-order valence-electron chi connectivity index (χ4n) is 1.35. The third kappa shape index (κ3) is 6.15. The van der Waals surface area contributed by atoms with Crippen molar-refractivity contribution in [2.24, 2.45) is 0 Å². The summed E-state index contributed by atoms with van der Waals surface area (Å²) in [5.74, 6) is 0.869. The zero-order valence-electron chi connectivity index (χ0n) is 10.8. The first kappa shape index (κ1) is 16.1. The van der Waals surface area contributed by atoms with Crippen molar-refractivity contribution in [3.63, 3.8) is 0 Å². The number of rotatable bonds is 8. The van der Waals surface area contributed by atoms with E-state index in [0.29, 0.717) is 18.2 Å². The van der Waals surface area contributed by atoms with Gasteiger partial charge in [0.1, 0.15) is 17.6 Å². The third-order valence-corrected chi connectivity index (χ3v) is 3.72. The molecule has 0 aliphatic heterocycles. The van der Waals surface area contributed by atoms with E-state index >= 15 is 0 Å². The second kappa shape index (κ2) is 7.59. The summed E-state index contributed by atoms with van der Waals surface area (Å²) >= 11 is 5.83. The molecular formula is C10H17ClN4O3S. The average molecular weight is 309 g/mol. The first-order chi connectivity index (χ1) is 8.96. The molecule has 1 rings (SSSR count). The van der Waals surface area contributed by atoms with E-state index in [1.165, 1.54) is 13.2 Å². The highest BCUT2D eigenvalue weighted by molar-refractivity contribution is 7.89. The highest BCUT2D eigenvalue weighted by Gasteiger charge is 2.08. The number of methoxy groups -OCH3 is 1. The summed E-state index contributed by atoms with van der Waals surface area (Å²) in [6.07, 6.45) is 0. The van der Waals surface area contributed by atoms with E-state index < -0.39 is 10.0 Å². The van der Waals surface area contributed by atoms with Crippen molar-refractivity contribution in [2.45, 2.75) is 13.5 Å². The van der Waals surface area contributed by atoms with Gasteiger partial charge in [-0.05, 0) is 0 Å². The molecule has 0 amide bonds. The minimum atomic E-state index is -3.25. The Morgan fingerprint density at radius 2 is 2.16 bits per heavy atom. The largest absolute Gasteiger partial charge is 0.377 e. The molecule has 7 nitrogen and oxygen atoms in total. The van der Waals surface area contributed by atoms with Gasteiger partial charge in [0, 0.05) is 26.3 Å². The van der Waals surface area contributed by atoms with Gasteiger partial charge in [-0.15, -0.1) is 0 Å². The van der Waals surface area contributed by atoms with Crippen molar-refractivity contribution in [3.05, 3.63) is 17.0 Å². The lowest BCUT2D eigenvalue weighted by atomic mass is 10.5. The minimum Gasteiger partial charge on any atom is -0.377 e. The lowest BCUT2D eigenvalue weighted by Gasteiger charge is -2.08. The molecule has 0 aliphatic carbocycles. The molecule has 19 heavy (non-hydrogen) atoms. The standard InChI is InChI=1S/C10H17ClN4O3S/c1-3-13-19(16,17)5-4-12-9-6-8(11)14-10(15-9)7-18-2/h6,13H,3-5,7H2,1-2H3,(H,12,14,15). The van der Waals surface area contributed by atoms with Gasteiger partial charge in [-0.25, -0.2) is 23.1 Å². The van der Waals surface area contributed by atoms with Crippen LogP contribution in [0, 0.1) is 0 Å². The number of hydrogen-bond acceptors (Lipinski definition) is 6. The molecule has 0 bridgehead atoms. The van der Waals surface area contributed by atoms with Gasteiger partial charge in [0.15, 0.2) is 5.82 Å². The first-order valence-corrected chi connectivity index (χ1v) is 7.73. The Hall–Kier alpha value is -0.960. The number of hydrogen-bond donors (Lipinski definition) is 2. The lowest BCUT2D eigenvalue weighted by molar-refractivity contribution is 0.178. The molecule has 9 heteroatoms. The van der Waals surface area contributed by atoms with Crippen LogP contribution >= 0.6 is 11.6 Å². The van der Waals surface area contributed by atoms with Gasteiger partial charge in [-0.3, -0.25) is 0 Å². The maximum Gasteiger partial charge on any atom is 0.213 e. The second-order valence-corrected chi connectivity index (χ2v) is 5.98. The van der Waals surface area contributed by atoms with Crippen LogP contribution in [0.4, 0.5) is 5.82 Å². The van der Waals surface area contributed by atoms with Crippen molar-refractivity contribution in [3.8, 4) is 0 Å². The highest BCUT2D eigenvalue weighted by Crippen LogP contribution is 2.11. The van der Waals surface area contributed by atoms with E-state index in [0.717, 1.165) is 0 Å². The van der Waals surface area contributed by atoms with Gasteiger partial charge in [0.25, 0.3) is 0 Å². The lowest BCUT2D eigenvalue weighted by Crippen LogP contribution is -2.29. The summed E-state index contributed by atoms with van der Waals surface area (Å²) in [6.45, 7) is 2.58. The number of nitrogens with one attached hydrogen (secondary N) is 2. The fraction of sp³-hybridized carbons (Fsp3) is 0.600. The van der Waals surface area contributed by atoms with Crippen LogP contribution in [0.25, 0.3) is 0 Å². The summed E-state index contributed by atoms with van der Waals surface area (Å²) in [4.78, 5) is 8.11. The molecule has 1 aromatic rings. The van der Waals surface area contributed by atoms with Gasteiger partial charge in [-0.2, -0.15) is 0 Å². The van der Waals surface area contributed by atoms with Crippen LogP contribution in [0.3, 0.4) is 0 Å². The van der Waals surface area contributed by atoms with Crippen LogP contribution in [0.2, 0.25) is 5.15 Å². The van der Waals surface area contributed by atoms with Gasteiger partial charge in [0.2, 0.25) is 10.0 Å². The average Bonchev–Trinajstić information content (AvgIpc) is 2.28. The SMILES string of the molecule is CCNS(=O)(=O)CCNc1cc(Cl)nc(COC)n1. The Morgan fingerprint density at radius 3 is 2.79 bits per heavy atom. The molecule has 2 N–H and O–H groups in total. The quantitative estimate of drug-likeness (QED) is 0.684. The molecule has 0 spiro atoms. The molecule has 0 atom stereocenters. The van der Waals surface area contributed by atoms with E-state index in [-0.39, 0.29) is 24.1 Å². The molecule has 0 fully saturated rings. The monoisotopic (exact) mass is 308 g/mol. The number of nitrogens with zero attached hydrogens (tertiary/aromatic N) is 2. The zero-order valence-corrected chi connectivity index (χ0v) is 12.4. The molecule has 108 valence electrons. The van der Waals surface area contributed by atoms with Crippen LogP contribution < -0.4 is 10.0 Å². The summed E-state index contributed by atoms with van der Waals surface area (Å²) in [5.41, 5.74) is 0. The second-order valence-electron chi connectivity index (χ2n) is 3.67. The number of aromatic nitrogens is 2. The van der Waals surface area contributed by atoms with E-state index in [1.807, 2.05) is 0 Å². The highest BCUT2D eigenvalue weighted by atomic mass is 35.5. The molecule has 0 aromatic carbocycles. The topological polar surface area (TPSA) is 93.2 Å². The molecule has 0 saturated carbocycles. The summed E-state index contributed by atoms with van der Waals surface area (Å²) in [7, 11) is -1.72. The Morgan fingerprint density at radius 1 is 1.42 bits per heavy atom. The predicted octanol–water partition coefficient (Wildman–Crippen LogP) is 0.628. The zero-order chi connectivity index (χ0) is 14.3. The molecule has 0 unspecified atom stereocenters. The maximum absolute atomic E-state index is 11.4. The van der Waals surface area contributed by atoms with Crippen LogP contribution in [0.15, 0.2) is 6.07 Å². The van der Waals surface area contributed by atoms with Gasteiger partial charge >= 0.3 is 0 Å². The molecule has 1 aromatic heterocycles. The number of ether oxygens (including phenoxy) is 1. The molecular weight excluding hydrogens is 292 g/mol. The van der Waals surface area contributed by atoms with E-state index in [1.54, 1.807) is 6.92 Å². The van der Waals surface area contributed by atoms with Crippen LogP contribution in [0.5, 0.6) is 0 Å². The van der Waals surface area contributed by atoms with Crippen LogP contribution in [-0.4, -0.2) is 44.3 Å². The van der Waals surface area contributed by atoms with Gasteiger partial charge in [0.05, 0.1) is 5.75 Å². The van der Waals surface area contributed by atoms with Crippen molar-refractivity contribution < 1.29 is 13.2 Å². The van der Waals surface area contributed by atoms with E-state index in [2.05, 4.69) is 20.0 Å². The molecule has 0 saturated heterocycles. The fourth-order valence-corrected chi connectivity index (χ4v) is 2.51. The van der Waals surface area contributed by atoms with Crippen LogP contribution in [-0.2, 0) is 21.4 Å². The third-order valence-electron chi connectivity index (χ3n) is 2.06. The van der Waals surface area contributed by atoms with Crippen molar-refractivity contribution in [1.29, 1.82) is 0 Å². The van der Waals surface area contributed by atoms with Gasteiger partial charge in [-0.1, -0.05) is 18.5 Å².